The number of cyclic esters (lactones) is 1. The predicted octanol–water partition coefficient (Wildman–Crippen LogP) is 3.87. The molecule has 3 aliphatic rings. The number of carbonyl (C=O) groups excluding carboxylic acids is 3. The van der Waals surface area contributed by atoms with Gasteiger partial charge in [0, 0.05) is 23.8 Å². The highest BCUT2D eigenvalue weighted by molar-refractivity contribution is 5.78. The van der Waals surface area contributed by atoms with Gasteiger partial charge in [-0.2, -0.15) is 0 Å². The molecule has 1 amide bonds. The van der Waals surface area contributed by atoms with Crippen LogP contribution < -0.4 is 29.0 Å². The van der Waals surface area contributed by atoms with Crippen LogP contribution in [0.3, 0.4) is 0 Å². The molecule has 12 nitrogen and oxygen atoms in total. The summed E-state index contributed by atoms with van der Waals surface area (Å²) in [6.45, 7) is 4.86. The molecule has 2 aliphatic heterocycles. The fourth-order valence-electron chi connectivity index (χ4n) is 5.84. The molecule has 0 aromatic heterocycles. The van der Waals surface area contributed by atoms with Crippen LogP contribution in [0.15, 0.2) is 24.3 Å². The van der Waals surface area contributed by atoms with E-state index in [0.717, 1.165) is 11.1 Å². The third kappa shape index (κ3) is 5.70. The lowest BCUT2D eigenvalue weighted by atomic mass is 9.63. The van der Waals surface area contributed by atoms with Crippen LogP contribution in [0.5, 0.6) is 28.7 Å². The molecular weight excluding hydrogens is 550 g/mol. The van der Waals surface area contributed by atoms with E-state index >= 15 is 0 Å². The van der Waals surface area contributed by atoms with E-state index in [1.165, 1.54) is 21.3 Å². The lowest BCUT2D eigenvalue weighted by Crippen LogP contribution is -2.44. The Labute approximate surface area is 243 Å². The quantitative estimate of drug-likeness (QED) is 0.374. The van der Waals surface area contributed by atoms with Gasteiger partial charge in [0.1, 0.15) is 18.2 Å². The average molecular weight is 586 g/mol. The Morgan fingerprint density at radius 3 is 2.14 bits per heavy atom. The van der Waals surface area contributed by atoms with Crippen LogP contribution >= 0.6 is 0 Å². The van der Waals surface area contributed by atoms with Gasteiger partial charge < -0.3 is 43.2 Å². The number of methoxy groups -OCH3 is 3. The van der Waals surface area contributed by atoms with E-state index in [1.54, 1.807) is 26.8 Å². The normalized spacial score (nSPS) is 22.2. The number of ether oxygens (including phenoxy) is 8. The molecule has 0 saturated carbocycles. The third-order valence-corrected chi connectivity index (χ3v) is 7.51. The number of nitrogens with one attached hydrogen (secondary N) is 1. The molecule has 5 rings (SSSR count). The molecule has 0 unspecified atom stereocenters. The molecule has 1 saturated heterocycles. The summed E-state index contributed by atoms with van der Waals surface area (Å²) in [7, 11) is 4.60. The first kappa shape index (κ1) is 29.2. The van der Waals surface area contributed by atoms with Gasteiger partial charge in [0.25, 0.3) is 0 Å². The number of carbonyl (C=O) groups is 3. The van der Waals surface area contributed by atoms with Gasteiger partial charge in [0.15, 0.2) is 23.0 Å². The van der Waals surface area contributed by atoms with E-state index in [1.807, 2.05) is 18.2 Å². The Kier molecular flexibility index (Phi) is 7.98. The largest absolute Gasteiger partial charge is 0.493 e. The number of esters is 2. The number of alkyl carbamates (subject to hydrolysis) is 1. The molecule has 42 heavy (non-hydrogen) atoms. The Morgan fingerprint density at radius 2 is 1.55 bits per heavy atom. The zero-order chi connectivity index (χ0) is 30.2. The van der Waals surface area contributed by atoms with Gasteiger partial charge in [-0.25, -0.2) is 4.79 Å². The first-order chi connectivity index (χ1) is 20.0. The summed E-state index contributed by atoms with van der Waals surface area (Å²) in [5.41, 5.74) is 1.57. The van der Waals surface area contributed by atoms with Crippen molar-refractivity contribution >= 4 is 18.0 Å². The van der Waals surface area contributed by atoms with Crippen LogP contribution in [-0.2, 0) is 23.8 Å². The molecule has 226 valence electrons. The molecule has 12 heteroatoms. The van der Waals surface area contributed by atoms with Gasteiger partial charge >= 0.3 is 18.0 Å². The standard InChI is InChI=1S/C30H35NO11/c1-30(2,3)42-29(34)31-12-25(33)41-27-18-10-21-20(39-14-40-21)9-16(18)26(17-11-24(32)38-13-19(17)27)15-7-22(35-4)28(37-6)23(8-15)36-5/h7-10,17,19,26-27H,11-14H2,1-6H3,(H,31,34)/t17-,19-,26+,27-/m0/s1. The highest BCUT2D eigenvalue weighted by Gasteiger charge is 2.50. The van der Waals surface area contributed by atoms with E-state index in [4.69, 9.17) is 37.9 Å². The minimum Gasteiger partial charge on any atom is -0.493 e. The van der Waals surface area contributed by atoms with Crippen LogP contribution in [0.4, 0.5) is 4.79 Å². The number of rotatable bonds is 7. The highest BCUT2D eigenvalue weighted by Crippen LogP contribution is 2.56. The number of hydrogen-bond donors (Lipinski definition) is 1. The molecule has 2 heterocycles. The molecular formula is C30H35NO11. The number of benzene rings is 2. The Bertz CT molecular complexity index is 1360. The predicted molar refractivity (Wildman–Crippen MR) is 146 cm³/mol. The second-order valence-electron chi connectivity index (χ2n) is 11.3. The second kappa shape index (κ2) is 11.5. The van der Waals surface area contributed by atoms with Crippen molar-refractivity contribution in [1.82, 2.24) is 5.32 Å². The van der Waals surface area contributed by atoms with E-state index in [0.29, 0.717) is 34.3 Å². The topological polar surface area (TPSA) is 137 Å². The van der Waals surface area contributed by atoms with Crippen molar-refractivity contribution in [3.8, 4) is 28.7 Å². The van der Waals surface area contributed by atoms with Crippen molar-refractivity contribution in [2.24, 2.45) is 11.8 Å². The summed E-state index contributed by atoms with van der Waals surface area (Å²) in [4.78, 5) is 37.8. The molecule has 0 bridgehead atoms. The van der Waals surface area contributed by atoms with Crippen LogP contribution in [0, 0.1) is 11.8 Å². The summed E-state index contributed by atoms with van der Waals surface area (Å²) in [5.74, 6) is 0.327. The Balaban J connectivity index is 1.56. The minimum atomic E-state index is -0.793. The zero-order valence-corrected chi connectivity index (χ0v) is 24.4. The van der Waals surface area contributed by atoms with Gasteiger partial charge in [-0.3, -0.25) is 9.59 Å². The fraction of sp³-hybridized carbons (Fsp3) is 0.500. The molecule has 0 spiro atoms. The molecule has 1 N–H and O–H groups in total. The lowest BCUT2D eigenvalue weighted by molar-refractivity contribution is -0.167. The first-order valence-corrected chi connectivity index (χ1v) is 13.6. The molecule has 1 fully saturated rings. The third-order valence-electron chi connectivity index (χ3n) is 7.51. The van der Waals surface area contributed by atoms with Gasteiger partial charge in [0.2, 0.25) is 12.5 Å². The maximum Gasteiger partial charge on any atom is 0.408 e. The number of hydrogen-bond acceptors (Lipinski definition) is 11. The van der Waals surface area contributed by atoms with Gasteiger partial charge in [0.05, 0.1) is 27.9 Å². The van der Waals surface area contributed by atoms with Crippen molar-refractivity contribution in [2.75, 3.05) is 41.3 Å². The fourth-order valence-corrected chi connectivity index (χ4v) is 5.84. The van der Waals surface area contributed by atoms with Crippen LogP contribution in [0.2, 0.25) is 0 Å². The number of amides is 1. The molecule has 2 aromatic carbocycles. The molecule has 2 aromatic rings. The highest BCUT2D eigenvalue weighted by atomic mass is 16.7. The van der Waals surface area contributed by atoms with Crippen molar-refractivity contribution in [3.63, 3.8) is 0 Å². The molecule has 4 atom stereocenters. The van der Waals surface area contributed by atoms with Crippen molar-refractivity contribution in [1.29, 1.82) is 0 Å². The SMILES string of the molecule is COc1cc([C@@H]2c3cc4c(cc3[C@H](OC(=O)CNC(=O)OC(C)(C)C)[C@H]3COC(=O)C[C@H]23)OCO4)cc(OC)c1OC. The molecule has 1 aliphatic carbocycles. The van der Waals surface area contributed by atoms with Gasteiger partial charge in [-0.15, -0.1) is 0 Å². The van der Waals surface area contributed by atoms with E-state index < -0.39 is 36.2 Å². The Hall–Kier alpha value is -4.35. The van der Waals surface area contributed by atoms with E-state index in [9.17, 15) is 14.4 Å². The second-order valence-corrected chi connectivity index (χ2v) is 11.3. The van der Waals surface area contributed by atoms with Crippen LogP contribution in [0.1, 0.15) is 55.9 Å². The van der Waals surface area contributed by atoms with Crippen molar-refractivity contribution in [3.05, 3.63) is 41.0 Å². The van der Waals surface area contributed by atoms with E-state index in [2.05, 4.69) is 5.32 Å². The average Bonchev–Trinajstić information content (AvgIpc) is 3.41. The maximum absolute atomic E-state index is 13.0. The van der Waals surface area contributed by atoms with Crippen LogP contribution in [-0.4, -0.2) is 64.9 Å². The van der Waals surface area contributed by atoms with Gasteiger partial charge in [-0.05, 0) is 62.1 Å². The van der Waals surface area contributed by atoms with Crippen molar-refractivity contribution < 1.29 is 52.3 Å². The summed E-state index contributed by atoms with van der Waals surface area (Å²) >= 11 is 0. The zero-order valence-electron chi connectivity index (χ0n) is 24.4. The van der Waals surface area contributed by atoms with Crippen molar-refractivity contribution in [2.45, 2.75) is 44.8 Å². The summed E-state index contributed by atoms with van der Waals surface area (Å²) in [6.07, 6.45) is -1.44. The summed E-state index contributed by atoms with van der Waals surface area (Å²) in [6, 6.07) is 7.37. The van der Waals surface area contributed by atoms with Gasteiger partial charge in [-0.1, -0.05) is 0 Å². The first-order valence-electron chi connectivity index (χ1n) is 13.6. The summed E-state index contributed by atoms with van der Waals surface area (Å²) in [5, 5.41) is 2.44. The Morgan fingerprint density at radius 1 is 0.905 bits per heavy atom. The summed E-state index contributed by atoms with van der Waals surface area (Å²) < 4.78 is 44.9. The van der Waals surface area contributed by atoms with E-state index in [-0.39, 0.29) is 37.6 Å². The minimum absolute atomic E-state index is 0.0374. The smallest absolute Gasteiger partial charge is 0.408 e. The monoisotopic (exact) mass is 585 g/mol. The van der Waals surface area contributed by atoms with Crippen LogP contribution in [0.25, 0.3) is 0 Å². The maximum atomic E-state index is 13.0. The molecule has 0 radical (unpaired) electrons. The lowest BCUT2D eigenvalue weighted by Gasteiger charge is -2.45. The number of fused-ring (bicyclic) bond motifs is 3.